The summed E-state index contributed by atoms with van der Waals surface area (Å²) < 4.78 is 11.8. The fraction of sp³-hybridized carbons (Fsp3) is 0.0800. The molecule has 5 rings (SSSR count). The minimum atomic E-state index is -0.179. The molecule has 2 heterocycles. The van der Waals surface area contributed by atoms with Gasteiger partial charge in [-0.3, -0.25) is 4.79 Å². The van der Waals surface area contributed by atoms with Gasteiger partial charge in [0.05, 0.1) is 23.1 Å². The molecule has 0 spiro atoms. The number of carbonyl (C=O) groups is 1. The van der Waals surface area contributed by atoms with E-state index in [4.69, 9.17) is 21.1 Å². The Balaban J connectivity index is 1.45. The third-order valence-electron chi connectivity index (χ3n) is 5.19. The first kappa shape index (κ1) is 20.8. The van der Waals surface area contributed by atoms with Crippen molar-refractivity contribution in [1.29, 1.82) is 0 Å². The van der Waals surface area contributed by atoms with Crippen LogP contribution in [0.4, 0.5) is 17.2 Å². The van der Waals surface area contributed by atoms with E-state index in [1.807, 2.05) is 48.5 Å². The SMILES string of the molecule is C=CC(=O)N1CCOc2c1ccc1ncnc(Nc3ccc(Oc4ccc(Cl)cc4)cc3)c21. The predicted octanol–water partition coefficient (Wildman–Crippen LogP) is 5.73. The van der Waals surface area contributed by atoms with E-state index in [1.54, 1.807) is 17.0 Å². The second-order valence-electron chi connectivity index (χ2n) is 7.28. The van der Waals surface area contributed by atoms with E-state index in [1.165, 1.54) is 12.4 Å². The molecular weight excluding hydrogens is 440 g/mol. The zero-order valence-corrected chi connectivity index (χ0v) is 18.2. The number of aromatic nitrogens is 2. The van der Waals surface area contributed by atoms with Crippen LogP contribution < -0.4 is 19.7 Å². The Kier molecular flexibility index (Phi) is 5.54. The highest BCUT2D eigenvalue weighted by molar-refractivity contribution is 6.30. The van der Waals surface area contributed by atoms with Gasteiger partial charge in [0.15, 0.2) is 5.75 Å². The van der Waals surface area contributed by atoms with Gasteiger partial charge in [0.25, 0.3) is 5.91 Å². The third-order valence-corrected chi connectivity index (χ3v) is 5.45. The first-order valence-electron chi connectivity index (χ1n) is 10.3. The summed E-state index contributed by atoms with van der Waals surface area (Å²) in [5.41, 5.74) is 2.19. The molecule has 7 nitrogen and oxygen atoms in total. The lowest BCUT2D eigenvalue weighted by Gasteiger charge is -2.29. The lowest BCUT2D eigenvalue weighted by molar-refractivity contribution is -0.114. The van der Waals surface area contributed by atoms with Gasteiger partial charge in [-0.05, 0) is 66.7 Å². The average Bonchev–Trinajstić information content (AvgIpc) is 2.85. The van der Waals surface area contributed by atoms with Crippen molar-refractivity contribution in [3.05, 3.63) is 84.7 Å². The summed E-state index contributed by atoms with van der Waals surface area (Å²) in [5, 5.41) is 4.69. The second kappa shape index (κ2) is 8.80. The van der Waals surface area contributed by atoms with Gasteiger partial charge < -0.3 is 19.7 Å². The quantitative estimate of drug-likeness (QED) is 0.385. The number of carbonyl (C=O) groups excluding carboxylic acids is 1. The van der Waals surface area contributed by atoms with Crippen molar-refractivity contribution < 1.29 is 14.3 Å². The smallest absolute Gasteiger partial charge is 0.250 e. The molecule has 0 fully saturated rings. The maximum atomic E-state index is 12.3. The Labute approximate surface area is 195 Å². The van der Waals surface area contributed by atoms with Gasteiger partial charge in [0.1, 0.15) is 30.3 Å². The largest absolute Gasteiger partial charge is 0.489 e. The highest BCUT2D eigenvalue weighted by Crippen LogP contribution is 2.41. The number of hydrogen-bond donors (Lipinski definition) is 1. The molecule has 3 aromatic carbocycles. The molecule has 0 saturated carbocycles. The van der Waals surface area contributed by atoms with E-state index in [0.717, 1.165) is 5.69 Å². The number of ether oxygens (including phenoxy) is 2. The lowest BCUT2D eigenvalue weighted by atomic mass is 10.1. The van der Waals surface area contributed by atoms with Crippen LogP contribution in [0.5, 0.6) is 17.2 Å². The topological polar surface area (TPSA) is 76.6 Å². The van der Waals surface area contributed by atoms with Crippen LogP contribution in [0.3, 0.4) is 0 Å². The zero-order valence-electron chi connectivity index (χ0n) is 17.5. The normalized spacial score (nSPS) is 12.6. The molecule has 0 radical (unpaired) electrons. The molecule has 1 aromatic heterocycles. The van der Waals surface area contributed by atoms with Crippen LogP contribution in [-0.2, 0) is 4.79 Å². The summed E-state index contributed by atoms with van der Waals surface area (Å²) in [6.45, 7) is 4.42. The van der Waals surface area contributed by atoms with Gasteiger partial charge >= 0.3 is 0 Å². The third kappa shape index (κ3) is 4.18. The van der Waals surface area contributed by atoms with Crippen molar-refractivity contribution in [2.24, 2.45) is 0 Å². The molecule has 0 saturated heterocycles. The standard InChI is InChI=1S/C25H19ClN4O3/c1-2-22(31)30-13-14-32-24-21(30)12-11-20-23(24)25(28-15-27-20)29-17-5-9-19(10-6-17)33-18-7-3-16(26)4-8-18/h2-12,15H,1,13-14H2,(H,27,28,29). The van der Waals surface area contributed by atoms with Crippen LogP contribution in [0.15, 0.2) is 79.6 Å². The van der Waals surface area contributed by atoms with Crippen molar-refractivity contribution in [1.82, 2.24) is 9.97 Å². The molecule has 164 valence electrons. The highest BCUT2D eigenvalue weighted by Gasteiger charge is 2.25. The van der Waals surface area contributed by atoms with E-state index < -0.39 is 0 Å². The van der Waals surface area contributed by atoms with E-state index in [0.29, 0.717) is 57.8 Å². The number of anilines is 3. The molecule has 0 aliphatic carbocycles. The molecule has 1 aliphatic rings. The fourth-order valence-corrected chi connectivity index (χ4v) is 3.77. The lowest BCUT2D eigenvalue weighted by Crippen LogP contribution is -2.36. The summed E-state index contributed by atoms with van der Waals surface area (Å²) >= 11 is 5.92. The molecule has 1 N–H and O–H groups in total. The number of rotatable bonds is 5. The van der Waals surface area contributed by atoms with Crippen molar-refractivity contribution in [2.75, 3.05) is 23.4 Å². The molecular formula is C25H19ClN4O3. The number of amides is 1. The van der Waals surface area contributed by atoms with Gasteiger partial charge in [-0.25, -0.2) is 9.97 Å². The summed E-state index contributed by atoms with van der Waals surface area (Å²) in [6.07, 6.45) is 2.79. The predicted molar refractivity (Wildman–Crippen MR) is 129 cm³/mol. The van der Waals surface area contributed by atoms with E-state index >= 15 is 0 Å². The van der Waals surface area contributed by atoms with E-state index in [2.05, 4.69) is 21.9 Å². The zero-order chi connectivity index (χ0) is 22.8. The van der Waals surface area contributed by atoms with Crippen LogP contribution in [0.2, 0.25) is 5.02 Å². The van der Waals surface area contributed by atoms with Crippen LogP contribution in [0, 0.1) is 0 Å². The van der Waals surface area contributed by atoms with Crippen molar-refractivity contribution in [3.8, 4) is 17.2 Å². The van der Waals surface area contributed by atoms with Crippen LogP contribution in [0.1, 0.15) is 0 Å². The first-order chi connectivity index (χ1) is 16.1. The minimum absolute atomic E-state index is 0.179. The van der Waals surface area contributed by atoms with Gasteiger partial charge in [-0.1, -0.05) is 18.2 Å². The Morgan fingerprint density at radius 2 is 1.79 bits per heavy atom. The van der Waals surface area contributed by atoms with Crippen molar-refractivity contribution >= 4 is 45.6 Å². The van der Waals surface area contributed by atoms with E-state index in [-0.39, 0.29) is 5.91 Å². The Hall–Kier alpha value is -4.10. The summed E-state index contributed by atoms with van der Waals surface area (Å²) in [7, 11) is 0. The van der Waals surface area contributed by atoms with Crippen molar-refractivity contribution in [3.63, 3.8) is 0 Å². The Morgan fingerprint density at radius 3 is 2.52 bits per heavy atom. The Morgan fingerprint density at radius 1 is 1.06 bits per heavy atom. The number of fused-ring (bicyclic) bond motifs is 3. The number of benzene rings is 3. The van der Waals surface area contributed by atoms with Gasteiger partial charge in [0, 0.05) is 10.7 Å². The molecule has 1 aliphatic heterocycles. The molecule has 1 amide bonds. The number of nitrogens with zero attached hydrogens (tertiary/aromatic N) is 3. The molecule has 8 heteroatoms. The van der Waals surface area contributed by atoms with Gasteiger partial charge in [-0.15, -0.1) is 0 Å². The molecule has 0 bridgehead atoms. The average molecular weight is 459 g/mol. The molecule has 0 unspecified atom stereocenters. The van der Waals surface area contributed by atoms with Crippen LogP contribution in [0.25, 0.3) is 10.9 Å². The second-order valence-corrected chi connectivity index (χ2v) is 7.71. The van der Waals surface area contributed by atoms with Crippen LogP contribution in [-0.4, -0.2) is 29.0 Å². The highest BCUT2D eigenvalue weighted by atomic mass is 35.5. The number of hydrogen-bond acceptors (Lipinski definition) is 6. The maximum absolute atomic E-state index is 12.3. The van der Waals surface area contributed by atoms with Crippen molar-refractivity contribution in [2.45, 2.75) is 0 Å². The molecule has 0 atom stereocenters. The van der Waals surface area contributed by atoms with Gasteiger partial charge in [0.2, 0.25) is 0 Å². The maximum Gasteiger partial charge on any atom is 0.250 e. The van der Waals surface area contributed by atoms with E-state index in [9.17, 15) is 4.79 Å². The van der Waals surface area contributed by atoms with Gasteiger partial charge in [-0.2, -0.15) is 0 Å². The number of nitrogens with one attached hydrogen (secondary N) is 1. The Bertz CT molecular complexity index is 1340. The minimum Gasteiger partial charge on any atom is -0.489 e. The summed E-state index contributed by atoms with van der Waals surface area (Å²) in [6, 6.07) is 18.4. The summed E-state index contributed by atoms with van der Waals surface area (Å²) in [5.74, 6) is 2.36. The summed E-state index contributed by atoms with van der Waals surface area (Å²) in [4.78, 5) is 22.7. The molecule has 4 aromatic rings. The fourth-order valence-electron chi connectivity index (χ4n) is 3.64. The molecule has 33 heavy (non-hydrogen) atoms. The monoisotopic (exact) mass is 458 g/mol. The number of halogens is 1. The first-order valence-corrected chi connectivity index (χ1v) is 10.6. The van der Waals surface area contributed by atoms with Crippen LogP contribution >= 0.6 is 11.6 Å².